The molecule has 37 heavy (non-hydrogen) atoms. The summed E-state index contributed by atoms with van der Waals surface area (Å²) in [5.74, 6) is -0.497. The highest BCUT2D eigenvalue weighted by atomic mass is 35.5. The van der Waals surface area contributed by atoms with E-state index in [0.29, 0.717) is 0 Å². The molecule has 2 heterocycles. The fraction of sp³-hybridized carbons (Fsp3) is 0.500. The van der Waals surface area contributed by atoms with Crippen molar-refractivity contribution in [2.75, 3.05) is 13.2 Å². The third kappa shape index (κ3) is 7.34. The molecule has 0 spiro atoms. The third-order valence-corrected chi connectivity index (χ3v) is 7.63. The largest absolute Gasteiger partial charge is 0.464 e. The molecule has 12 nitrogen and oxygen atoms in total. The van der Waals surface area contributed by atoms with Crippen molar-refractivity contribution in [2.45, 2.75) is 50.0 Å². The number of ether oxygens (including phenoxy) is 2. The van der Waals surface area contributed by atoms with Crippen LogP contribution >= 0.6 is 19.3 Å². The molecule has 1 aliphatic rings. The Morgan fingerprint density at radius 1 is 1.30 bits per heavy atom. The first-order chi connectivity index (χ1) is 17.3. The third-order valence-electron chi connectivity index (χ3n) is 5.52. The molecule has 6 atom stereocenters. The number of aliphatic hydroxyl groups is 1. The van der Waals surface area contributed by atoms with Crippen molar-refractivity contribution in [3.8, 4) is 5.75 Å². The maximum Gasteiger partial charge on any atom is 0.459 e. The van der Waals surface area contributed by atoms with Crippen molar-refractivity contribution in [3.63, 3.8) is 0 Å². The smallest absolute Gasteiger partial charge is 0.459 e. The van der Waals surface area contributed by atoms with Gasteiger partial charge in [-0.3, -0.25) is 23.7 Å². The Bertz CT molecular complexity index is 1240. The Labute approximate surface area is 219 Å². The van der Waals surface area contributed by atoms with E-state index in [9.17, 15) is 24.1 Å². The van der Waals surface area contributed by atoms with Gasteiger partial charge in [-0.25, -0.2) is 14.4 Å². The molecule has 0 aliphatic carbocycles. The fourth-order valence-electron chi connectivity index (χ4n) is 3.53. The number of benzene rings is 1. The van der Waals surface area contributed by atoms with Crippen molar-refractivity contribution < 1.29 is 33.0 Å². The van der Waals surface area contributed by atoms with Crippen molar-refractivity contribution >= 4 is 33.2 Å². The molecule has 0 saturated carbocycles. The maximum absolute atomic E-state index is 13.7. The van der Waals surface area contributed by atoms with Gasteiger partial charge in [-0.05, 0) is 19.1 Å². The molecular weight excluding hydrogens is 527 g/mol. The molecule has 1 aromatic carbocycles. The van der Waals surface area contributed by atoms with Crippen molar-refractivity contribution in [1.82, 2.24) is 14.6 Å². The van der Waals surface area contributed by atoms with E-state index >= 15 is 0 Å². The number of carbonyl (C=O) groups is 1. The first kappa shape index (κ1) is 29.2. The molecule has 1 unspecified atom stereocenters. The average molecular weight is 558 g/mol. The summed E-state index contributed by atoms with van der Waals surface area (Å²) in [5, 5.41) is 13.5. The summed E-state index contributed by atoms with van der Waals surface area (Å²) in [7, 11) is -2.64. The maximum atomic E-state index is 13.7. The molecule has 1 aromatic heterocycles. The van der Waals surface area contributed by atoms with E-state index in [4.69, 9.17) is 30.1 Å². The highest BCUT2D eigenvalue weighted by Gasteiger charge is 2.53. The second kappa shape index (κ2) is 12.0. The van der Waals surface area contributed by atoms with Gasteiger partial charge in [0.1, 0.15) is 26.3 Å². The van der Waals surface area contributed by atoms with Crippen LogP contribution in [0.1, 0.15) is 27.0 Å². The molecule has 202 valence electrons. The van der Waals surface area contributed by atoms with Gasteiger partial charge in [0.15, 0.2) is 6.23 Å². The minimum absolute atomic E-state index is 0.0952. The zero-order chi connectivity index (χ0) is 27.4. The van der Waals surface area contributed by atoms with Crippen molar-refractivity contribution in [3.05, 3.63) is 63.4 Å². The van der Waals surface area contributed by atoms with Crippen molar-refractivity contribution in [1.29, 1.82) is 0 Å². The highest BCUT2D eigenvalue weighted by Crippen LogP contribution is 2.47. The van der Waals surface area contributed by atoms with Gasteiger partial charge in [0.25, 0.3) is 5.56 Å². The molecule has 2 aromatic rings. The van der Waals surface area contributed by atoms with Crippen LogP contribution in [0.2, 0.25) is 0 Å². The zero-order valence-corrected chi connectivity index (χ0v) is 22.5. The number of alkyl halides is 1. The van der Waals surface area contributed by atoms with Gasteiger partial charge < -0.3 is 19.1 Å². The lowest BCUT2D eigenvalue weighted by molar-refractivity contribution is -0.147. The van der Waals surface area contributed by atoms with E-state index in [2.05, 4.69) is 10.1 Å². The predicted molar refractivity (Wildman–Crippen MR) is 137 cm³/mol. The molecule has 15 heteroatoms. The van der Waals surface area contributed by atoms with Crippen LogP contribution in [0.4, 0.5) is 0 Å². The molecule has 1 fully saturated rings. The minimum atomic E-state index is -4.10. The number of carbonyl (C=O) groups excluding carboxylic acids is 1. The number of aliphatic hydroxyl groups excluding tert-OH is 1. The number of aromatic nitrogens is 2. The number of nitrogens with zero attached hydrogens (tertiary/aromatic N) is 1. The van der Waals surface area contributed by atoms with Crippen LogP contribution in [0.25, 0.3) is 0 Å². The molecule has 0 radical (unpaired) electrons. The highest BCUT2D eigenvalue weighted by molar-refractivity contribution is 7.52. The molecule has 1 saturated heterocycles. The molecule has 3 rings (SSSR count). The van der Waals surface area contributed by atoms with E-state index in [1.807, 2.05) is 0 Å². The van der Waals surface area contributed by atoms with Crippen LogP contribution in [0.3, 0.4) is 0 Å². The molecular formula is C22H30BClN3O9P. The summed E-state index contributed by atoms with van der Waals surface area (Å²) in [6.45, 7) is 4.49. The number of hydrogen-bond acceptors (Lipinski definition) is 9. The lowest BCUT2D eigenvalue weighted by Gasteiger charge is -2.27. The summed E-state index contributed by atoms with van der Waals surface area (Å²) in [6, 6.07) is 8.77. The second-order valence-electron chi connectivity index (χ2n) is 9.15. The molecule has 3 N–H and O–H groups in total. The number of halogens is 1. The van der Waals surface area contributed by atoms with Crippen LogP contribution in [-0.2, 0) is 23.4 Å². The first-order valence-electron chi connectivity index (χ1n) is 11.6. The standard InChI is InChI=1S/C22H30BClN3O9P/c1-13(2)19(30)33-11-14(3)26-37(32,36-15-7-5-4-6-8-15)34-12-16-18(29)22(23,24)20(35-16)27-10-9-17(28)25-21(27)31/h4-10,13-14,16,18,20,29H,11-12,23H2,1-3H3,(H,26,32)(H,25,28,31)/t14-,16+,18+,20+,22-,37?/m0/s1. The predicted octanol–water partition coefficient (Wildman–Crippen LogP) is 0.744. The summed E-state index contributed by atoms with van der Waals surface area (Å²) in [5.41, 5.74) is -1.38. The summed E-state index contributed by atoms with van der Waals surface area (Å²) in [6.07, 6.45) is -2.44. The monoisotopic (exact) mass is 557 g/mol. The molecule has 1 aliphatic heterocycles. The van der Waals surface area contributed by atoms with E-state index < -0.39 is 60.8 Å². The van der Waals surface area contributed by atoms with Gasteiger partial charge in [0.05, 0.1) is 23.4 Å². The van der Waals surface area contributed by atoms with Crippen molar-refractivity contribution in [2.24, 2.45) is 5.92 Å². The molecule has 0 bridgehead atoms. The lowest BCUT2D eigenvalue weighted by atomic mass is 9.79. The summed E-state index contributed by atoms with van der Waals surface area (Å²) >= 11 is 6.54. The SMILES string of the molecule is B[C@]1(Cl)[C@H](O)[C@@H](COP(=O)(N[C@@H](C)COC(=O)C(C)C)Oc2ccccc2)O[C@H]1n1ccc(=O)[nH]c1=O. The van der Waals surface area contributed by atoms with Gasteiger partial charge in [0, 0.05) is 18.3 Å². The summed E-state index contributed by atoms with van der Waals surface area (Å²) in [4.78, 5) is 37.6. The van der Waals surface area contributed by atoms with E-state index in [-0.39, 0.29) is 18.3 Å². The van der Waals surface area contributed by atoms with Gasteiger partial charge >= 0.3 is 19.4 Å². The number of nitrogens with one attached hydrogen (secondary N) is 2. The average Bonchev–Trinajstić information content (AvgIpc) is 3.05. The number of hydrogen-bond donors (Lipinski definition) is 3. The van der Waals surface area contributed by atoms with Crippen LogP contribution in [-0.4, -0.2) is 64.7 Å². The fourth-order valence-corrected chi connectivity index (χ4v) is 5.36. The normalized spacial score (nSPS) is 25.9. The Kier molecular flexibility index (Phi) is 9.44. The Balaban J connectivity index is 1.75. The number of aromatic amines is 1. The minimum Gasteiger partial charge on any atom is -0.464 e. The Morgan fingerprint density at radius 3 is 2.59 bits per heavy atom. The van der Waals surface area contributed by atoms with Crippen LogP contribution in [0.5, 0.6) is 5.75 Å². The number of para-hydroxylation sites is 1. The van der Waals surface area contributed by atoms with E-state index in [1.54, 1.807) is 51.1 Å². The van der Waals surface area contributed by atoms with Crippen LogP contribution < -0.4 is 20.9 Å². The quantitative estimate of drug-likeness (QED) is 0.156. The first-order valence-corrected chi connectivity index (χ1v) is 13.5. The lowest BCUT2D eigenvalue weighted by Crippen LogP contribution is -2.45. The number of H-pyrrole nitrogens is 1. The number of esters is 1. The Hall–Kier alpha value is -2.41. The van der Waals surface area contributed by atoms with Gasteiger partial charge in [0.2, 0.25) is 0 Å². The van der Waals surface area contributed by atoms with E-state index in [1.165, 1.54) is 14.0 Å². The number of rotatable bonds is 11. The van der Waals surface area contributed by atoms with Gasteiger partial charge in [-0.1, -0.05) is 32.0 Å². The Morgan fingerprint density at radius 2 is 1.97 bits per heavy atom. The van der Waals surface area contributed by atoms with Crippen LogP contribution in [0, 0.1) is 5.92 Å². The van der Waals surface area contributed by atoms with Gasteiger partial charge in [-0.15, -0.1) is 11.6 Å². The topological polar surface area (TPSA) is 158 Å². The second-order valence-corrected chi connectivity index (χ2v) is 11.7. The molecule has 0 amide bonds. The van der Waals surface area contributed by atoms with Crippen LogP contribution in [0.15, 0.2) is 52.2 Å². The zero-order valence-electron chi connectivity index (χ0n) is 20.8. The van der Waals surface area contributed by atoms with Gasteiger partial charge in [-0.2, -0.15) is 0 Å². The van der Waals surface area contributed by atoms with E-state index in [0.717, 1.165) is 10.6 Å². The summed E-state index contributed by atoms with van der Waals surface area (Å²) < 4.78 is 35.5.